The molecular formula is C9H17NOS. The van der Waals surface area contributed by atoms with Gasteiger partial charge in [0.15, 0.2) is 0 Å². The van der Waals surface area contributed by atoms with E-state index in [0.717, 1.165) is 6.42 Å². The van der Waals surface area contributed by atoms with Crippen LogP contribution in [0, 0.1) is 0 Å². The molecule has 2 N–H and O–H groups in total. The Morgan fingerprint density at radius 3 is 2.75 bits per heavy atom. The normalized spacial score (nSPS) is 42.0. The van der Waals surface area contributed by atoms with Crippen molar-refractivity contribution in [2.24, 2.45) is 0 Å². The number of nitrogens with one attached hydrogen (secondary N) is 1. The van der Waals surface area contributed by atoms with Gasteiger partial charge in [0, 0.05) is 11.3 Å². The standard InChI is InChI=1S/C9H17NOS/c1-7-9(6-11,4-5-12-7)10-8-2-3-8/h7-8,10-11H,2-6H2,1H3. The molecule has 3 heteroatoms. The molecule has 1 heterocycles. The van der Waals surface area contributed by atoms with Gasteiger partial charge in [0.25, 0.3) is 0 Å². The van der Waals surface area contributed by atoms with E-state index < -0.39 is 0 Å². The minimum atomic E-state index is 0.0475. The first-order valence-corrected chi connectivity index (χ1v) is 5.82. The highest BCUT2D eigenvalue weighted by Crippen LogP contribution is 2.37. The van der Waals surface area contributed by atoms with Crippen LogP contribution in [0.3, 0.4) is 0 Å². The highest BCUT2D eigenvalue weighted by molar-refractivity contribution is 8.00. The van der Waals surface area contributed by atoms with Gasteiger partial charge in [-0.3, -0.25) is 0 Å². The summed E-state index contributed by atoms with van der Waals surface area (Å²) in [7, 11) is 0. The van der Waals surface area contributed by atoms with Crippen molar-refractivity contribution in [3.8, 4) is 0 Å². The minimum absolute atomic E-state index is 0.0475. The molecular weight excluding hydrogens is 170 g/mol. The van der Waals surface area contributed by atoms with Crippen molar-refractivity contribution in [3.05, 3.63) is 0 Å². The summed E-state index contributed by atoms with van der Waals surface area (Å²) in [6, 6.07) is 0.707. The number of hydrogen-bond acceptors (Lipinski definition) is 3. The highest BCUT2D eigenvalue weighted by Gasteiger charge is 2.43. The van der Waals surface area contributed by atoms with Gasteiger partial charge >= 0.3 is 0 Å². The van der Waals surface area contributed by atoms with E-state index in [4.69, 9.17) is 0 Å². The lowest BCUT2D eigenvalue weighted by atomic mass is 9.93. The third-order valence-corrected chi connectivity index (χ3v) is 4.44. The molecule has 1 aliphatic heterocycles. The van der Waals surface area contributed by atoms with Crippen molar-refractivity contribution >= 4 is 11.8 Å². The molecule has 12 heavy (non-hydrogen) atoms. The quantitative estimate of drug-likeness (QED) is 0.691. The molecule has 0 bridgehead atoms. The Kier molecular flexibility index (Phi) is 2.36. The van der Waals surface area contributed by atoms with Gasteiger partial charge in [-0.2, -0.15) is 11.8 Å². The van der Waals surface area contributed by atoms with E-state index in [1.165, 1.54) is 18.6 Å². The topological polar surface area (TPSA) is 32.3 Å². The number of aliphatic hydroxyl groups excluding tert-OH is 1. The average Bonchev–Trinajstić information content (AvgIpc) is 2.79. The Balaban J connectivity index is 2.00. The molecule has 70 valence electrons. The molecule has 2 fully saturated rings. The van der Waals surface area contributed by atoms with Crippen molar-refractivity contribution in [2.45, 2.75) is 43.0 Å². The van der Waals surface area contributed by atoms with Crippen LogP contribution < -0.4 is 5.32 Å². The molecule has 2 nitrogen and oxygen atoms in total. The van der Waals surface area contributed by atoms with E-state index in [1.807, 2.05) is 11.8 Å². The predicted octanol–water partition coefficient (Wildman–Crippen LogP) is 0.995. The van der Waals surface area contributed by atoms with Crippen molar-refractivity contribution in [1.29, 1.82) is 0 Å². The summed E-state index contributed by atoms with van der Waals surface area (Å²) in [6.45, 7) is 2.53. The van der Waals surface area contributed by atoms with Gasteiger partial charge in [-0.15, -0.1) is 0 Å². The first kappa shape index (κ1) is 8.85. The summed E-state index contributed by atoms with van der Waals surface area (Å²) in [5.74, 6) is 1.20. The second kappa shape index (κ2) is 3.20. The molecule has 2 atom stereocenters. The lowest BCUT2D eigenvalue weighted by molar-refractivity contribution is 0.160. The molecule has 0 amide bonds. The second-order valence-electron chi connectivity index (χ2n) is 4.00. The van der Waals surface area contributed by atoms with Crippen molar-refractivity contribution in [1.82, 2.24) is 5.32 Å². The van der Waals surface area contributed by atoms with Crippen molar-refractivity contribution in [2.75, 3.05) is 12.4 Å². The maximum Gasteiger partial charge on any atom is 0.0624 e. The molecule has 0 spiro atoms. The summed E-state index contributed by atoms with van der Waals surface area (Å²) < 4.78 is 0. The summed E-state index contributed by atoms with van der Waals surface area (Å²) in [6.07, 6.45) is 3.74. The molecule has 0 aromatic heterocycles. The molecule has 1 saturated heterocycles. The van der Waals surface area contributed by atoms with Gasteiger partial charge in [0.1, 0.15) is 0 Å². The fourth-order valence-corrected chi connectivity index (χ4v) is 3.27. The van der Waals surface area contributed by atoms with Crippen molar-refractivity contribution in [3.63, 3.8) is 0 Å². The predicted molar refractivity (Wildman–Crippen MR) is 52.5 cm³/mol. The SMILES string of the molecule is CC1SCCC1(CO)NC1CC1. The van der Waals surface area contributed by atoms with E-state index in [1.54, 1.807) is 0 Å². The van der Waals surface area contributed by atoms with Crippen LogP contribution in [0.4, 0.5) is 0 Å². The summed E-state index contributed by atoms with van der Waals surface area (Å²) in [4.78, 5) is 0. The Morgan fingerprint density at radius 1 is 1.58 bits per heavy atom. The second-order valence-corrected chi connectivity index (χ2v) is 5.44. The van der Waals surface area contributed by atoms with Crippen LogP contribution in [-0.2, 0) is 0 Å². The first-order valence-electron chi connectivity index (χ1n) is 4.77. The zero-order valence-electron chi connectivity index (χ0n) is 7.55. The lowest BCUT2D eigenvalue weighted by Gasteiger charge is -2.32. The Morgan fingerprint density at radius 2 is 2.33 bits per heavy atom. The van der Waals surface area contributed by atoms with Gasteiger partial charge in [0.2, 0.25) is 0 Å². The molecule has 1 saturated carbocycles. The zero-order chi connectivity index (χ0) is 8.60. The van der Waals surface area contributed by atoms with Gasteiger partial charge in [-0.1, -0.05) is 6.92 Å². The largest absolute Gasteiger partial charge is 0.394 e. The van der Waals surface area contributed by atoms with E-state index in [0.29, 0.717) is 17.9 Å². The lowest BCUT2D eigenvalue weighted by Crippen LogP contribution is -2.53. The van der Waals surface area contributed by atoms with E-state index in [9.17, 15) is 5.11 Å². The number of rotatable bonds is 3. The monoisotopic (exact) mass is 187 g/mol. The number of hydrogen-bond donors (Lipinski definition) is 2. The van der Waals surface area contributed by atoms with Crippen LogP contribution >= 0.6 is 11.8 Å². The maximum atomic E-state index is 9.39. The highest BCUT2D eigenvalue weighted by atomic mass is 32.2. The maximum absolute atomic E-state index is 9.39. The van der Waals surface area contributed by atoms with Crippen LogP contribution in [-0.4, -0.2) is 34.3 Å². The summed E-state index contributed by atoms with van der Waals surface area (Å²) in [5.41, 5.74) is 0.0475. The number of thioether (sulfide) groups is 1. The molecule has 0 aromatic rings. The fourth-order valence-electron chi connectivity index (χ4n) is 1.86. The average molecular weight is 187 g/mol. The first-order chi connectivity index (χ1) is 5.77. The van der Waals surface area contributed by atoms with Crippen LogP contribution in [0.25, 0.3) is 0 Å². The van der Waals surface area contributed by atoms with E-state index >= 15 is 0 Å². The number of aliphatic hydroxyl groups is 1. The van der Waals surface area contributed by atoms with E-state index in [-0.39, 0.29) is 5.54 Å². The van der Waals surface area contributed by atoms with Gasteiger partial charge in [-0.25, -0.2) is 0 Å². The molecule has 2 unspecified atom stereocenters. The van der Waals surface area contributed by atoms with Gasteiger partial charge in [-0.05, 0) is 25.0 Å². The van der Waals surface area contributed by atoms with Crippen LogP contribution in [0.5, 0.6) is 0 Å². The van der Waals surface area contributed by atoms with Crippen LogP contribution in [0.2, 0.25) is 0 Å². The smallest absolute Gasteiger partial charge is 0.0624 e. The third kappa shape index (κ3) is 1.50. The van der Waals surface area contributed by atoms with Crippen molar-refractivity contribution < 1.29 is 5.11 Å². The van der Waals surface area contributed by atoms with Gasteiger partial charge in [0.05, 0.1) is 12.1 Å². The summed E-state index contributed by atoms with van der Waals surface area (Å²) >= 11 is 1.98. The molecule has 0 aromatic carbocycles. The van der Waals surface area contributed by atoms with Crippen LogP contribution in [0.15, 0.2) is 0 Å². The fraction of sp³-hybridized carbons (Fsp3) is 1.00. The Labute approximate surface area is 78.1 Å². The van der Waals surface area contributed by atoms with E-state index in [2.05, 4.69) is 12.2 Å². The minimum Gasteiger partial charge on any atom is -0.394 e. The van der Waals surface area contributed by atoms with Crippen LogP contribution in [0.1, 0.15) is 26.2 Å². The third-order valence-electron chi connectivity index (χ3n) is 3.05. The molecule has 2 aliphatic rings. The summed E-state index contributed by atoms with van der Waals surface area (Å²) in [5, 5.41) is 13.6. The molecule has 2 rings (SSSR count). The molecule has 1 aliphatic carbocycles. The Bertz CT molecular complexity index is 172. The van der Waals surface area contributed by atoms with Gasteiger partial charge < -0.3 is 10.4 Å². The molecule has 0 radical (unpaired) electrons. The Hall–Kier alpha value is 0.270. The zero-order valence-corrected chi connectivity index (χ0v) is 8.36.